The van der Waals surface area contributed by atoms with Gasteiger partial charge in [-0.15, -0.1) is 0 Å². The zero-order valence-corrected chi connectivity index (χ0v) is 10.6. The van der Waals surface area contributed by atoms with E-state index in [0.717, 1.165) is 25.2 Å². The molecule has 2 heterocycles. The second kappa shape index (κ2) is 4.59. The van der Waals surface area contributed by atoms with Crippen molar-refractivity contribution in [3.63, 3.8) is 0 Å². The fourth-order valence-electron chi connectivity index (χ4n) is 2.33. The zero-order valence-electron chi connectivity index (χ0n) is 9.82. The van der Waals surface area contributed by atoms with E-state index in [1.807, 2.05) is 12.3 Å². The summed E-state index contributed by atoms with van der Waals surface area (Å²) in [6.07, 6.45) is 2.73. The van der Waals surface area contributed by atoms with Gasteiger partial charge in [0, 0.05) is 42.0 Å². The van der Waals surface area contributed by atoms with E-state index in [1.165, 1.54) is 5.56 Å². The van der Waals surface area contributed by atoms with Gasteiger partial charge in [-0.2, -0.15) is 0 Å². The molecule has 0 aliphatic carbocycles. The molecule has 0 atom stereocenters. The predicted molar refractivity (Wildman–Crippen MR) is 71.0 cm³/mol. The first-order valence-corrected chi connectivity index (χ1v) is 6.33. The third-order valence-electron chi connectivity index (χ3n) is 3.23. The van der Waals surface area contributed by atoms with Crippen molar-refractivity contribution in [3.05, 3.63) is 58.4 Å². The Bertz CT molecular complexity index is 604. The highest BCUT2D eigenvalue weighted by Gasteiger charge is 2.18. The molecule has 0 radical (unpaired) electrons. The molecule has 1 aliphatic rings. The Labute approximate surface area is 110 Å². The summed E-state index contributed by atoms with van der Waals surface area (Å²) in [7, 11) is 0. The van der Waals surface area contributed by atoms with Crippen LogP contribution in [0.15, 0.2) is 36.5 Å². The Morgan fingerprint density at radius 1 is 1.33 bits per heavy atom. The van der Waals surface area contributed by atoms with Gasteiger partial charge < -0.3 is 5.32 Å². The maximum Gasteiger partial charge on any atom is 0.262 e. The molecule has 18 heavy (non-hydrogen) atoms. The van der Waals surface area contributed by atoms with E-state index in [-0.39, 0.29) is 5.91 Å². The molecule has 1 aromatic heterocycles. The van der Waals surface area contributed by atoms with Crippen LogP contribution in [0.25, 0.3) is 0 Å². The first-order chi connectivity index (χ1) is 8.75. The van der Waals surface area contributed by atoms with E-state index >= 15 is 0 Å². The van der Waals surface area contributed by atoms with Crippen LogP contribution in [0, 0.1) is 0 Å². The van der Waals surface area contributed by atoms with Crippen LogP contribution in [0.2, 0.25) is 5.02 Å². The maximum atomic E-state index is 12.4. The topological polar surface area (TPSA) is 34.0 Å². The molecule has 0 bridgehead atoms. The second-order valence-corrected chi connectivity index (χ2v) is 4.84. The average molecular weight is 261 g/mol. The van der Waals surface area contributed by atoms with Crippen molar-refractivity contribution in [2.75, 3.05) is 6.54 Å². The summed E-state index contributed by atoms with van der Waals surface area (Å²) >= 11 is 5.92. The minimum Gasteiger partial charge on any atom is -0.312 e. The van der Waals surface area contributed by atoms with E-state index in [1.54, 1.807) is 28.8 Å². The number of rotatable bonds is 1. The number of hydrogen-bond acceptors (Lipinski definition) is 2. The van der Waals surface area contributed by atoms with Crippen LogP contribution in [0.3, 0.4) is 0 Å². The molecular weight excluding hydrogens is 248 g/mol. The number of halogens is 1. The molecule has 0 spiro atoms. The Morgan fingerprint density at radius 3 is 3.06 bits per heavy atom. The molecule has 1 N–H and O–H groups in total. The smallest absolute Gasteiger partial charge is 0.262 e. The van der Waals surface area contributed by atoms with Gasteiger partial charge in [0.05, 0.1) is 0 Å². The number of nitrogens with one attached hydrogen (secondary N) is 1. The quantitative estimate of drug-likeness (QED) is 0.855. The number of aromatic nitrogens is 1. The first-order valence-electron chi connectivity index (χ1n) is 5.96. The van der Waals surface area contributed by atoms with Crippen molar-refractivity contribution >= 4 is 17.5 Å². The number of hydrogen-bond donors (Lipinski definition) is 1. The Morgan fingerprint density at radius 2 is 2.22 bits per heavy atom. The highest BCUT2D eigenvalue weighted by molar-refractivity contribution is 6.31. The van der Waals surface area contributed by atoms with Crippen molar-refractivity contribution in [3.8, 4) is 0 Å². The average Bonchev–Trinajstić information content (AvgIpc) is 2.82. The lowest BCUT2D eigenvalue weighted by atomic mass is 10.1. The standard InChI is InChI=1S/C14H13ClN2O/c15-12-3-1-2-10(8-12)14(18)17-7-5-11-9-16-6-4-13(11)17/h1-3,5,7-8,16H,4,6,9H2. The van der Waals surface area contributed by atoms with Crippen LogP contribution in [0.5, 0.6) is 0 Å². The van der Waals surface area contributed by atoms with Crippen molar-refractivity contribution in [1.29, 1.82) is 0 Å². The maximum absolute atomic E-state index is 12.4. The highest BCUT2D eigenvalue weighted by atomic mass is 35.5. The molecule has 0 fully saturated rings. The minimum absolute atomic E-state index is 0.0133. The third kappa shape index (κ3) is 1.96. The monoisotopic (exact) mass is 260 g/mol. The van der Waals surface area contributed by atoms with Crippen LogP contribution in [0.1, 0.15) is 21.6 Å². The summed E-state index contributed by atoms with van der Waals surface area (Å²) in [6, 6.07) is 9.07. The molecule has 1 aromatic carbocycles. The van der Waals surface area contributed by atoms with Gasteiger partial charge in [-0.3, -0.25) is 9.36 Å². The van der Waals surface area contributed by atoms with Gasteiger partial charge in [0.1, 0.15) is 0 Å². The van der Waals surface area contributed by atoms with Crippen molar-refractivity contribution in [2.45, 2.75) is 13.0 Å². The summed E-state index contributed by atoms with van der Waals surface area (Å²) in [5.74, 6) is -0.0133. The van der Waals surface area contributed by atoms with Crippen LogP contribution in [0.4, 0.5) is 0 Å². The minimum atomic E-state index is -0.0133. The Kier molecular flexibility index (Phi) is 2.94. The number of carbonyl (C=O) groups is 1. The van der Waals surface area contributed by atoms with Gasteiger partial charge in [0.15, 0.2) is 0 Å². The number of benzene rings is 1. The molecule has 1 aliphatic heterocycles. The van der Waals surface area contributed by atoms with E-state index in [4.69, 9.17) is 11.6 Å². The molecule has 2 aromatic rings. The molecule has 3 rings (SSSR count). The third-order valence-corrected chi connectivity index (χ3v) is 3.47. The molecule has 92 valence electrons. The van der Waals surface area contributed by atoms with Gasteiger partial charge in [-0.25, -0.2) is 0 Å². The van der Waals surface area contributed by atoms with Crippen LogP contribution in [-0.4, -0.2) is 17.0 Å². The lowest BCUT2D eigenvalue weighted by Gasteiger charge is -2.16. The van der Waals surface area contributed by atoms with Gasteiger partial charge in [0.25, 0.3) is 5.91 Å². The number of nitrogens with zero attached hydrogens (tertiary/aromatic N) is 1. The number of carbonyl (C=O) groups excluding carboxylic acids is 1. The molecule has 0 unspecified atom stereocenters. The molecule has 0 amide bonds. The lowest BCUT2D eigenvalue weighted by molar-refractivity contribution is 0.0957. The molecule has 4 heteroatoms. The Balaban J connectivity index is 2.00. The van der Waals surface area contributed by atoms with Gasteiger partial charge in [-0.1, -0.05) is 17.7 Å². The van der Waals surface area contributed by atoms with Gasteiger partial charge in [-0.05, 0) is 29.8 Å². The van der Waals surface area contributed by atoms with E-state index in [0.29, 0.717) is 10.6 Å². The zero-order chi connectivity index (χ0) is 12.5. The van der Waals surface area contributed by atoms with E-state index in [2.05, 4.69) is 5.32 Å². The number of fused-ring (bicyclic) bond motifs is 1. The van der Waals surface area contributed by atoms with Crippen LogP contribution < -0.4 is 5.32 Å². The van der Waals surface area contributed by atoms with E-state index < -0.39 is 0 Å². The fourth-order valence-corrected chi connectivity index (χ4v) is 2.52. The van der Waals surface area contributed by atoms with Crippen molar-refractivity contribution < 1.29 is 4.79 Å². The van der Waals surface area contributed by atoms with Crippen molar-refractivity contribution in [1.82, 2.24) is 9.88 Å². The summed E-state index contributed by atoms with van der Waals surface area (Å²) < 4.78 is 1.74. The normalized spacial score (nSPS) is 14.3. The lowest BCUT2D eigenvalue weighted by Crippen LogP contribution is -2.26. The van der Waals surface area contributed by atoms with Gasteiger partial charge in [0.2, 0.25) is 0 Å². The fraction of sp³-hybridized carbons (Fsp3) is 0.214. The summed E-state index contributed by atoms with van der Waals surface area (Å²) in [5.41, 5.74) is 2.94. The first kappa shape index (κ1) is 11.5. The second-order valence-electron chi connectivity index (χ2n) is 4.40. The van der Waals surface area contributed by atoms with Crippen LogP contribution in [-0.2, 0) is 13.0 Å². The largest absolute Gasteiger partial charge is 0.312 e. The van der Waals surface area contributed by atoms with Crippen molar-refractivity contribution in [2.24, 2.45) is 0 Å². The molecule has 3 nitrogen and oxygen atoms in total. The predicted octanol–water partition coefficient (Wildman–Crippen LogP) is 2.48. The van der Waals surface area contributed by atoms with Crippen LogP contribution >= 0.6 is 11.6 Å². The molecule has 0 saturated heterocycles. The van der Waals surface area contributed by atoms with Gasteiger partial charge >= 0.3 is 0 Å². The van der Waals surface area contributed by atoms with E-state index in [9.17, 15) is 4.79 Å². The molecular formula is C14H13ClN2O. The Hall–Kier alpha value is -1.58. The highest BCUT2D eigenvalue weighted by Crippen LogP contribution is 2.18. The summed E-state index contributed by atoms with van der Waals surface area (Å²) in [4.78, 5) is 12.4. The summed E-state index contributed by atoms with van der Waals surface area (Å²) in [5, 5.41) is 3.88. The SMILES string of the molecule is O=C(c1cccc(Cl)c1)n1ccc2c1CCNC2. The molecule has 0 saturated carbocycles. The summed E-state index contributed by atoms with van der Waals surface area (Å²) in [6.45, 7) is 1.75.